The molecule has 2 rings (SSSR count). The third kappa shape index (κ3) is 3.87. The van der Waals surface area contributed by atoms with Crippen molar-refractivity contribution in [3.8, 4) is 5.75 Å². The zero-order valence-electron chi connectivity index (χ0n) is 12.0. The van der Waals surface area contributed by atoms with Crippen molar-refractivity contribution in [2.24, 2.45) is 0 Å². The minimum absolute atomic E-state index is 0.518. The molecule has 1 aliphatic rings. The molecule has 0 aliphatic carbocycles. The van der Waals surface area contributed by atoms with E-state index in [0.29, 0.717) is 5.92 Å². The van der Waals surface area contributed by atoms with E-state index in [9.17, 15) is 0 Å². The molecular formula is C16H24ClNO. The maximum atomic E-state index is 6.35. The van der Waals surface area contributed by atoms with Crippen LogP contribution in [0.3, 0.4) is 0 Å². The maximum absolute atomic E-state index is 6.35. The third-order valence-electron chi connectivity index (χ3n) is 3.75. The molecule has 1 aromatic rings. The maximum Gasteiger partial charge on any atom is 0.138 e. The van der Waals surface area contributed by atoms with Crippen LogP contribution in [0.2, 0.25) is 5.02 Å². The summed E-state index contributed by atoms with van der Waals surface area (Å²) in [5, 5.41) is 4.21. The van der Waals surface area contributed by atoms with Gasteiger partial charge >= 0.3 is 0 Å². The molecule has 0 saturated heterocycles. The molecule has 1 unspecified atom stereocenters. The van der Waals surface area contributed by atoms with E-state index < -0.39 is 0 Å². The fourth-order valence-electron chi connectivity index (χ4n) is 2.58. The summed E-state index contributed by atoms with van der Waals surface area (Å²) in [7, 11) is 0. The summed E-state index contributed by atoms with van der Waals surface area (Å²) in [6.07, 6.45) is 4.58. The first-order valence-corrected chi connectivity index (χ1v) is 7.76. The van der Waals surface area contributed by atoms with Gasteiger partial charge in [0.05, 0.1) is 11.6 Å². The van der Waals surface area contributed by atoms with Gasteiger partial charge in [0.25, 0.3) is 0 Å². The average molecular weight is 282 g/mol. The SMILES string of the molecule is CCCCCOc1cc2c(cc1Cl)C(C)CNCC2. The predicted molar refractivity (Wildman–Crippen MR) is 81.5 cm³/mol. The molecule has 0 amide bonds. The van der Waals surface area contributed by atoms with Crippen molar-refractivity contribution >= 4 is 11.6 Å². The summed E-state index contributed by atoms with van der Waals surface area (Å²) in [6.45, 7) is 7.27. The van der Waals surface area contributed by atoms with E-state index in [4.69, 9.17) is 16.3 Å². The Labute approximate surface area is 121 Å². The van der Waals surface area contributed by atoms with Gasteiger partial charge < -0.3 is 10.1 Å². The lowest BCUT2D eigenvalue weighted by molar-refractivity contribution is 0.306. The Balaban J connectivity index is 2.11. The number of rotatable bonds is 5. The van der Waals surface area contributed by atoms with Crippen LogP contribution in [0.4, 0.5) is 0 Å². The molecule has 0 saturated carbocycles. The summed E-state index contributed by atoms with van der Waals surface area (Å²) in [4.78, 5) is 0. The Kier molecular flexibility index (Phi) is 5.53. The molecule has 2 nitrogen and oxygen atoms in total. The molecule has 0 spiro atoms. The molecule has 106 valence electrons. The van der Waals surface area contributed by atoms with Gasteiger partial charge in [-0.3, -0.25) is 0 Å². The lowest BCUT2D eigenvalue weighted by atomic mass is 9.95. The largest absolute Gasteiger partial charge is 0.492 e. The monoisotopic (exact) mass is 281 g/mol. The second-order valence-corrected chi connectivity index (χ2v) is 5.80. The molecule has 3 heteroatoms. The summed E-state index contributed by atoms with van der Waals surface area (Å²) >= 11 is 6.35. The van der Waals surface area contributed by atoms with Crippen molar-refractivity contribution in [2.75, 3.05) is 19.7 Å². The van der Waals surface area contributed by atoms with Gasteiger partial charge in [0, 0.05) is 6.54 Å². The van der Waals surface area contributed by atoms with Crippen LogP contribution in [0.5, 0.6) is 5.75 Å². The summed E-state index contributed by atoms with van der Waals surface area (Å²) in [6, 6.07) is 4.25. The number of hydrogen-bond donors (Lipinski definition) is 1. The van der Waals surface area contributed by atoms with Crippen molar-refractivity contribution in [1.29, 1.82) is 0 Å². The number of halogens is 1. The van der Waals surface area contributed by atoms with Crippen LogP contribution in [0.15, 0.2) is 12.1 Å². The minimum atomic E-state index is 0.518. The Morgan fingerprint density at radius 1 is 1.37 bits per heavy atom. The Bertz CT molecular complexity index is 419. The molecule has 1 N–H and O–H groups in total. The van der Waals surface area contributed by atoms with Crippen LogP contribution in [-0.2, 0) is 6.42 Å². The van der Waals surface area contributed by atoms with Crippen molar-refractivity contribution in [3.63, 3.8) is 0 Å². The lowest BCUT2D eigenvalue weighted by Gasteiger charge is -2.16. The normalized spacial score (nSPS) is 18.8. The van der Waals surface area contributed by atoms with Crippen LogP contribution in [-0.4, -0.2) is 19.7 Å². The van der Waals surface area contributed by atoms with Crippen LogP contribution < -0.4 is 10.1 Å². The van der Waals surface area contributed by atoms with E-state index in [1.807, 2.05) is 0 Å². The molecule has 0 bridgehead atoms. The van der Waals surface area contributed by atoms with Crippen molar-refractivity contribution < 1.29 is 4.74 Å². The second-order valence-electron chi connectivity index (χ2n) is 5.39. The van der Waals surface area contributed by atoms with Crippen LogP contribution in [0, 0.1) is 0 Å². The summed E-state index contributed by atoms with van der Waals surface area (Å²) in [5.74, 6) is 1.37. The van der Waals surface area contributed by atoms with Gasteiger partial charge in [0.1, 0.15) is 5.75 Å². The number of fused-ring (bicyclic) bond motifs is 1. The summed E-state index contributed by atoms with van der Waals surface area (Å²) < 4.78 is 5.83. The third-order valence-corrected chi connectivity index (χ3v) is 4.05. The molecule has 0 fully saturated rings. The van der Waals surface area contributed by atoms with Gasteiger partial charge in [0.15, 0.2) is 0 Å². The van der Waals surface area contributed by atoms with E-state index in [-0.39, 0.29) is 0 Å². The highest BCUT2D eigenvalue weighted by Crippen LogP contribution is 2.33. The molecule has 1 aromatic carbocycles. The van der Waals surface area contributed by atoms with Gasteiger partial charge in [0.2, 0.25) is 0 Å². The van der Waals surface area contributed by atoms with E-state index >= 15 is 0 Å². The molecule has 0 radical (unpaired) electrons. The predicted octanol–water partition coefficient (Wildman–Crippen LogP) is 4.16. The Morgan fingerprint density at radius 2 is 2.21 bits per heavy atom. The van der Waals surface area contributed by atoms with E-state index in [1.54, 1.807) is 0 Å². The van der Waals surface area contributed by atoms with Gasteiger partial charge in [-0.05, 0) is 48.6 Å². The quantitative estimate of drug-likeness (QED) is 0.819. The zero-order chi connectivity index (χ0) is 13.7. The fourth-order valence-corrected chi connectivity index (χ4v) is 2.81. The van der Waals surface area contributed by atoms with E-state index in [1.165, 1.54) is 24.0 Å². The number of ether oxygens (including phenoxy) is 1. The van der Waals surface area contributed by atoms with Crippen molar-refractivity contribution in [3.05, 3.63) is 28.3 Å². The van der Waals surface area contributed by atoms with E-state index in [0.717, 1.165) is 43.3 Å². The van der Waals surface area contributed by atoms with Crippen LogP contribution in [0.1, 0.15) is 50.2 Å². The van der Waals surface area contributed by atoms with Gasteiger partial charge in [-0.2, -0.15) is 0 Å². The highest BCUT2D eigenvalue weighted by atomic mass is 35.5. The average Bonchev–Trinajstić information content (AvgIpc) is 2.57. The second kappa shape index (κ2) is 7.16. The summed E-state index contributed by atoms with van der Waals surface area (Å²) in [5.41, 5.74) is 2.75. The smallest absolute Gasteiger partial charge is 0.138 e. The lowest BCUT2D eigenvalue weighted by Crippen LogP contribution is -2.18. The number of benzene rings is 1. The Hall–Kier alpha value is -0.730. The van der Waals surface area contributed by atoms with Gasteiger partial charge in [-0.1, -0.05) is 38.3 Å². The van der Waals surface area contributed by atoms with Gasteiger partial charge in [-0.25, -0.2) is 0 Å². The van der Waals surface area contributed by atoms with Crippen molar-refractivity contribution in [1.82, 2.24) is 5.32 Å². The first-order valence-electron chi connectivity index (χ1n) is 7.38. The van der Waals surface area contributed by atoms with Gasteiger partial charge in [-0.15, -0.1) is 0 Å². The molecule has 1 atom stereocenters. The van der Waals surface area contributed by atoms with Crippen LogP contribution in [0.25, 0.3) is 0 Å². The molecule has 19 heavy (non-hydrogen) atoms. The molecular weight excluding hydrogens is 258 g/mol. The highest BCUT2D eigenvalue weighted by molar-refractivity contribution is 6.32. The zero-order valence-corrected chi connectivity index (χ0v) is 12.7. The first kappa shape index (κ1) is 14.7. The van der Waals surface area contributed by atoms with Crippen LogP contribution >= 0.6 is 11.6 Å². The number of nitrogens with one attached hydrogen (secondary N) is 1. The topological polar surface area (TPSA) is 21.3 Å². The molecule has 1 heterocycles. The number of hydrogen-bond acceptors (Lipinski definition) is 2. The molecule has 1 aliphatic heterocycles. The minimum Gasteiger partial charge on any atom is -0.492 e. The number of unbranched alkanes of at least 4 members (excludes halogenated alkanes) is 2. The highest BCUT2D eigenvalue weighted by Gasteiger charge is 2.17. The molecule has 0 aromatic heterocycles. The fraction of sp³-hybridized carbons (Fsp3) is 0.625. The standard InChI is InChI=1S/C16H24ClNO/c1-3-4-5-8-19-16-9-13-6-7-18-11-12(2)14(13)10-15(16)17/h9-10,12,18H,3-8,11H2,1-2H3. The van der Waals surface area contributed by atoms with Crippen molar-refractivity contribution in [2.45, 2.75) is 45.4 Å². The van der Waals surface area contributed by atoms with E-state index in [2.05, 4.69) is 31.3 Å². The Morgan fingerprint density at radius 3 is 3.00 bits per heavy atom. The first-order chi connectivity index (χ1) is 9.22.